The predicted molar refractivity (Wildman–Crippen MR) is 246 cm³/mol. The van der Waals surface area contributed by atoms with Gasteiger partial charge < -0.3 is 20.9 Å². The second-order valence-electron chi connectivity index (χ2n) is 15.2. The van der Waals surface area contributed by atoms with E-state index >= 15 is 0 Å². The Morgan fingerprint density at radius 3 is 2.19 bits per heavy atom. The van der Waals surface area contributed by atoms with Gasteiger partial charge in [0.05, 0.1) is 4.92 Å². The molecule has 6 rings (SSSR count). The Kier molecular flexibility index (Phi) is 16.7. The summed E-state index contributed by atoms with van der Waals surface area (Å²) in [6, 6.07) is 41.1. The van der Waals surface area contributed by atoms with Crippen LogP contribution in [0.1, 0.15) is 54.2 Å². The molecule has 1 aliphatic heterocycles. The van der Waals surface area contributed by atoms with Gasteiger partial charge in [0.15, 0.2) is 0 Å². The number of hydrogen-bond acceptors (Lipinski definition) is 9. The first kappa shape index (κ1) is 44.3. The summed E-state index contributed by atoms with van der Waals surface area (Å²) in [5, 5.41) is 14.7. The molecule has 5 aromatic rings. The SMILES string of the molecule is CCC(C)C(c1ccccc1-c1ccc(C)cc1)N1CCN(c2ccc(C(N)=O)cc2)CC1.CN(C)CCC(CSc1ccccc1)Nc1ccc(S)cc1[N+](=O)[O-]. The first-order valence-electron chi connectivity index (χ1n) is 20.0. The average molecular weight is 819 g/mol. The highest BCUT2D eigenvalue weighted by molar-refractivity contribution is 7.99. The van der Waals surface area contributed by atoms with Crippen LogP contribution in [-0.4, -0.2) is 79.2 Å². The molecule has 3 N–H and O–H groups in total. The fraction of sp³-hybridized carbons (Fsp3) is 0.340. The monoisotopic (exact) mass is 818 g/mol. The molecule has 0 aliphatic carbocycles. The fourth-order valence-electron chi connectivity index (χ4n) is 7.27. The first-order chi connectivity index (χ1) is 27.9. The van der Waals surface area contributed by atoms with E-state index < -0.39 is 0 Å². The van der Waals surface area contributed by atoms with Crippen LogP contribution < -0.4 is 16.0 Å². The molecule has 58 heavy (non-hydrogen) atoms. The number of carbonyl (C=O) groups excluding carboxylic acids is 1. The van der Waals surface area contributed by atoms with Crippen LogP contribution in [0.4, 0.5) is 17.1 Å². The van der Waals surface area contributed by atoms with Crippen LogP contribution in [0.2, 0.25) is 0 Å². The number of aryl methyl sites for hydroxylation is 1. The normalized spacial score (nSPS) is 14.6. The van der Waals surface area contributed by atoms with Crippen molar-refractivity contribution in [3.8, 4) is 11.1 Å². The van der Waals surface area contributed by atoms with Gasteiger partial charge in [0.1, 0.15) is 5.69 Å². The lowest BCUT2D eigenvalue weighted by atomic mass is 9.85. The average Bonchev–Trinajstić information content (AvgIpc) is 3.23. The van der Waals surface area contributed by atoms with Crippen LogP contribution in [0.5, 0.6) is 0 Å². The van der Waals surface area contributed by atoms with E-state index in [0.717, 1.165) is 57.0 Å². The Hall–Kier alpha value is -4.81. The molecule has 1 fully saturated rings. The van der Waals surface area contributed by atoms with Gasteiger partial charge >= 0.3 is 0 Å². The van der Waals surface area contributed by atoms with Crippen LogP contribution in [0.3, 0.4) is 0 Å². The largest absolute Gasteiger partial charge is 0.376 e. The summed E-state index contributed by atoms with van der Waals surface area (Å²) in [7, 11) is 4.05. The van der Waals surface area contributed by atoms with E-state index in [0.29, 0.717) is 28.1 Å². The van der Waals surface area contributed by atoms with Gasteiger partial charge in [-0.3, -0.25) is 19.8 Å². The van der Waals surface area contributed by atoms with Crippen LogP contribution in [-0.2, 0) is 0 Å². The van der Waals surface area contributed by atoms with E-state index in [9.17, 15) is 14.9 Å². The molecule has 3 unspecified atom stereocenters. The number of carbonyl (C=O) groups is 1. The summed E-state index contributed by atoms with van der Waals surface area (Å²) >= 11 is 5.95. The zero-order chi connectivity index (χ0) is 41.6. The van der Waals surface area contributed by atoms with E-state index in [2.05, 4.69) is 114 Å². The van der Waals surface area contributed by atoms with Gasteiger partial charge in [-0.15, -0.1) is 24.4 Å². The number of rotatable bonds is 16. The van der Waals surface area contributed by atoms with E-state index in [1.807, 2.05) is 56.6 Å². The number of benzene rings is 5. The Morgan fingerprint density at radius 2 is 1.57 bits per heavy atom. The van der Waals surface area contributed by atoms with Crippen molar-refractivity contribution >= 4 is 47.4 Å². The number of thioether (sulfide) groups is 1. The number of nitro groups is 1. The summed E-state index contributed by atoms with van der Waals surface area (Å²) in [4.78, 5) is 31.3. The molecular formula is C47H58N6O3S2. The summed E-state index contributed by atoms with van der Waals surface area (Å²) in [6.07, 6.45) is 2.04. The minimum Gasteiger partial charge on any atom is -0.376 e. The highest BCUT2D eigenvalue weighted by Crippen LogP contribution is 2.38. The molecule has 0 saturated carbocycles. The number of thiol groups is 1. The van der Waals surface area contributed by atoms with Crippen LogP contribution >= 0.6 is 24.4 Å². The van der Waals surface area contributed by atoms with E-state index in [-0.39, 0.29) is 22.6 Å². The van der Waals surface area contributed by atoms with Crippen molar-refractivity contribution in [3.05, 3.63) is 148 Å². The molecule has 1 saturated heterocycles. The summed E-state index contributed by atoms with van der Waals surface area (Å²) in [6.45, 7) is 11.7. The Bertz CT molecular complexity index is 2060. The molecule has 0 spiro atoms. The lowest BCUT2D eigenvalue weighted by molar-refractivity contribution is -0.384. The molecule has 306 valence electrons. The molecule has 1 heterocycles. The zero-order valence-corrected chi connectivity index (χ0v) is 36.1. The number of hydrogen-bond donors (Lipinski definition) is 3. The van der Waals surface area contributed by atoms with Gasteiger partial charge in [-0.05, 0) is 105 Å². The number of nitrogens with one attached hydrogen (secondary N) is 1. The van der Waals surface area contributed by atoms with Crippen molar-refractivity contribution < 1.29 is 9.72 Å². The third-order valence-electron chi connectivity index (χ3n) is 10.7. The van der Waals surface area contributed by atoms with Crippen LogP contribution in [0.15, 0.2) is 131 Å². The lowest BCUT2D eigenvalue weighted by Gasteiger charge is -2.43. The molecule has 1 aliphatic rings. The smallest absolute Gasteiger partial charge is 0.293 e. The van der Waals surface area contributed by atoms with Gasteiger partial charge in [-0.2, -0.15) is 0 Å². The maximum atomic E-state index is 11.4. The Balaban J connectivity index is 0.000000230. The van der Waals surface area contributed by atoms with Crippen molar-refractivity contribution in [1.29, 1.82) is 0 Å². The van der Waals surface area contributed by atoms with Crippen molar-refractivity contribution in [3.63, 3.8) is 0 Å². The van der Waals surface area contributed by atoms with Gasteiger partial charge in [-0.25, -0.2) is 0 Å². The predicted octanol–water partition coefficient (Wildman–Crippen LogP) is 10.1. The van der Waals surface area contributed by atoms with E-state index in [4.69, 9.17) is 5.73 Å². The second-order valence-corrected chi connectivity index (χ2v) is 16.8. The molecule has 0 aromatic heterocycles. The second kappa shape index (κ2) is 21.8. The fourth-order valence-corrected chi connectivity index (χ4v) is 8.46. The first-order valence-corrected chi connectivity index (χ1v) is 21.5. The number of amides is 1. The molecule has 0 bridgehead atoms. The van der Waals surface area contributed by atoms with Crippen molar-refractivity contribution in [1.82, 2.24) is 9.80 Å². The van der Waals surface area contributed by atoms with Gasteiger partial charge in [0, 0.05) is 71.1 Å². The summed E-state index contributed by atoms with van der Waals surface area (Å²) in [5.74, 6) is 1.01. The minimum absolute atomic E-state index is 0.0621. The number of anilines is 2. The van der Waals surface area contributed by atoms with Crippen LogP contribution in [0.25, 0.3) is 11.1 Å². The molecule has 0 radical (unpaired) electrons. The number of nitrogens with zero attached hydrogens (tertiary/aromatic N) is 4. The minimum atomic E-state index is -0.380. The quantitative estimate of drug-likeness (QED) is 0.0391. The Labute approximate surface area is 354 Å². The molecule has 5 aromatic carbocycles. The lowest BCUT2D eigenvalue weighted by Crippen LogP contribution is -2.49. The summed E-state index contributed by atoms with van der Waals surface area (Å²) < 4.78 is 0. The maximum absolute atomic E-state index is 11.4. The number of piperazine rings is 1. The highest BCUT2D eigenvalue weighted by atomic mass is 32.2. The van der Waals surface area contributed by atoms with E-state index in [1.54, 1.807) is 23.9 Å². The Morgan fingerprint density at radius 1 is 0.914 bits per heavy atom. The molecule has 11 heteroatoms. The standard InChI is InChI=1S/C29H35N3O.C18H23N3O2S2/c1-4-22(3)28(27-8-6-5-7-26(27)23-11-9-21(2)10-12-23)32-19-17-31(18-20-32)25-15-13-24(14-16-25)29(30)33;1-20(2)11-10-14(13-25-16-6-4-3-5-7-16)19-17-9-8-15(24)12-18(17)21(22)23/h5-16,22,28H,4,17-20H2,1-3H3,(H2,30,33);3-9,12,14,19,24H,10-11,13H2,1-2H3. The molecule has 3 atom stereocenters. The maximum Gasteiger partial charge on any atom is 0.293 e. The number of nitro benzene ring substituents is 1. The van der Waals surface area contributed by atoms with Gasteiger partial charge in [0.2, 0.25) is 5.91 Å². The third-order valence-corrected chi connectivity index (χ3v) is 12.2. The number of nitrogens with two attached hydrogens (primary N) is 1. The highest BCUT2D eigenvalue weighted by Gasteiger charge is 2.30. The van der Waals surface area contributed by atoms with Crippen LogP contribution in [0, 0.1) is 23.0 Å². The van der Waals surface area contributed by atoms with Gasteiger partial charge in [0.25, 0.3) is 5.69 Å². The topological polar surface area (TPSA) is 108 Å². The molecule has 1 amide bonds. The van der Waals surface area contributed by atoms with E-state index in [1.165, 1.54) is 33.2 Å². The molecule has 9 nitrogen and oxygen atoms in total. The van der Waals surface area contributed by atoms with Crippen molar-refractivity contribution in [2.75, 3.05) is 62.8 Å². The van der Waals surface area contributed by atoms with Crippen molar-refractivity contribution in [2.24, 2.45) is 11.7 Å². The third kappa shape index (κ3) is 12.6. The zero-order valence-electron chi connectivity index (χ0n) is 34.4. The van der Waals surface area contributed by atoms with Gasteiger partial charge in [-0.1, -0.05) is 92.6 Å². The molecular weight excluding hydrogens is 761 g/mol. The van der Waals surface area contributed by atoms with Crippen molar-refractivity contribution in [2.45, 2.75) is 55.5 Å². The number of primary amides is 1. The summed E-state index contributed by atoms with van der Waals surface area (Å²) in [5.41, 5.74) is 13.0.